The fourth-order valence-corrected chi connectivity index (χ4v) is 1.84. The highest BCUT2D eigenvalue weighted by atomic mass is 16.5. The van der Waals surface area contributed by atoms with E-state index in [1.165, 1.54) is 0 Å². The van der Waals surface area contributed by atoms with Crippen molar-refractivity contribution in [2.75, 3.05) is 6.61 Å². The van der Waals surface area contributed by atoms with Gasteiger partial charge < -0.3 is 14.9 Å². The second kappa shape index (κ2) is 5.25. The van der Waals surface area contributed by atoms with Crippen LogP contribution in [0.2, 0.25) is 0 Å². The van der Waals surface area contributed by atoms with Gasteiger partial charge in [0.15, 0.2) is 0 Å². The first-order valence-corrected chi connectivity index (χ1v) is 5.43. The van der Waals surface area contributed by atoms with Crippen LogP contribution in [-0.4, -0.2) is 29.0 Å². The maximum absolute atomic E-state index is 9.68. The summed E-state index contributed by atoms with van der Waals surface area (Å²) in [6.45, 7) is 0.486. The maximum atomic E-state index is 9.68. The van der Waals surface area contributed by atoms with Crippen LogP contribution in [0.4, 0.5) is 0 Å². The minimum absolute atomic E-state index is 0.00224. The Morgan fingerprint density at radius 3 is 2.62 bits per heavy atom. The molecule has 1 aliphatic rings. The normalized spacial score (nSPS) is 24.5. The van der Waals surface area contributed by atoms with Crippen LogP contribution in [0, 0.1) is 0 Å². The van der Waals surface area contributed by atoms with Gasteiger partial charge in [-0.15, -0.1) is 0 Å². The molecule has 0 radical (unpaired) electrons. The highest BCUT2D eigenvalue weighted by Gasteiger charge is 2.25. The molecule has 0 fully saturated rings. The van der Waals surface area contributed by atoms with Gasteiger partial charge in [-0.05, 0) is 17.6 Å². The van der Waals surface area contributed by atoms with Crippen molar-refractivity contribution < 1.29 is 14.9 Å². The molecule has 2 atom stereocenters. The molecule has 16 heavy (non-hydrogen) atoms. The van der Waals surface area contributed by atoms with Crippen molar-refractivity contribution >= 4 is 0 Å². The number of ether oxygens (including phenoxy) is 1. The van der Waals surface area contributed by atoms with Crippen molar-refractivity contribution in [3.8, 4) is 0 Å². The quantitative estimate of drug-likeness (QED) is 0.751. The minimum atomic E-state index is -0.522. The zero-order valence-electron chi connectivity index (χ0n) is 9.04. The summed E-state index contributed by atoms with van der Waals surface area (Å²) in [7, 11) is 0. The van der Waals surface area contributed by atoms with E-state index >= 15 is 0 Å². The summed E-state index contributed by atoms with van der Waals surface area (Å²) < 4.78 is 5.60. The summed E-state index contributed by atoms with van der Waals surface area (Å²) in [5, 5.41) is 18.6. The van der Waals surface area contributed by atoms with Crippen molar-refractivity contribution in [1.82, 2.24) is 0 Å². The van der Waals surface area contributed by atoms with Gasteiger partial charge in [-0.1, -0.05) is 36.4 Å². The molecule has 2 N–H and O–H groups in total. The van der Waals surface area contributed by atoms with Gasteiger partial charge in [0, 0.05) is 0 Å². The second-order valence-electron chi connectivity index (χ2n) is 4.02. The molecule has 0 saturated heterocycles. The molecule has 0 aromatic heterocycles. The van der Waals surface area contributed by atoms with E-state index in [2.05, 4.69) is 0 Å². The van der Waals surface area contributed by atoms with Crippen LogP contribution in [0.1, 0.15) is 12.0 Å². The van der Waals surface area contributed by atoms with E-state index in [9.17, 15) is 5.11 Å². The zero-order valence-corrected chi connectivity index (χ0v) is 9.04. The molecule has 3 heteroatoms. The van der Waals surface area contributed by atoms with Gasteiger partial charge in [-0.3, -0.25) is 0 Å². The molecule has 1 aromatic rings. The summed E-state index contributed by atoms with van der Waals surface area (Å²) in [4.78, 5) is 0. The Balaban J connectivity index is 1.89. The lowest BCUT2D eigenvalue weighted by molar-refractivity contribution is -0.00948. The second-order valence-corrected chi connectivity index (χ2v) is 4.02. The molecule has 1 aliphatic carbocycles. The molecule has 3 nitrogen and oxygen atoms in total. The fraction of sp³-hybridized carbons (Fsp3) is 0.385. The lowest BCUT2D eigenvalue weighted by Crippen LogP contribution is -2.22. The van der Waals surface area contributed by atoms with Crippen molar-refractivity contribution in [2.24, 2.45) is 0 Å². The van der Waals surface area contributed by atoms with Crippen LogP contribution in [-0.2, 0) is 11.3 Å². The van der Waals surface area contributed by atoms with Crippen molar-refractivity contribution in [3.63, 3.8) is 0 Å². The van der Waals surface area contributed by atoms with Crippen LogP contribution in [0.15, 0.2) is 42.0 Å². The van der Waals surface area contributed by atoms with Crippen molar-refractivity contribution in [2.45, 2.75) is 25.2 Å². The predicted octanol–water partition coefficient (Wildman–Crippen LogP) is 1.26. The van der Waals surface area contributed by atoms with Gasteiger partial charge in [-0.25, -0.2) is 0 Å². The van der Waals surface area contributed by atoms with Crippen LogP contribution in [0.5, 0.6) is 0 Å². The Morgan fingerprint density at radius 2 is 2.00 bits per heavy atom. The highest BCUT2D eigenvalue weighted by molar-refractivity contribution is 5.17. The Kier molecular flexibility index (Phi) is 3.72. The van der Waals surface area contributed by atoms with Crippen LogP contribution in [0.3, 0.4) is 0 Å². The van der Waals surface area contributed by atoms with Gasteiger partial charge in [0.2, 0.25) is 0 Å². The molecule has 0 spiro atoms. The van der Waals surface area contributed by atoms with Gasteiger partial charge in [0.1, 0.15) is 6.10 Å². The molecule has 0 aliphatic heterocycles. The van der Waals surface area contributed by atoms with Gasteiger partial charge in [-0.2, -0.15) is 0 Å². The average molecular weight is 220 g/mol. The SMILES string of the molecule is OCC1=C[C@H](OCc2ccccc2)[C@@H](O)C1. The number of hydrogen-bond donors (Lipinski definition) is 2. The van der Waals surface area contributed by atoms with E-state index in [4.69, 9.17) is 9.84 Å². The molecule has 0 heterocycles. The van der Waals surface area contributed by atoms with Gasteiger partial charge >= 0.3 is 0 Å². The number of benzene rings is 1. The van der Waals surface area contributed by atoms with Crippen molar-refractivity contribution in [3.05, 3.63) is 47.5 Å². The summed E-state index contributed by atoms with van der Waals surface area (Å²) in [6.07, 6.45) is 1.51. The Bertz CT molecular complexity index is 359. The third-order valence-corrected chi connectivity index (χ3v) is 2.74. The van der Waals surface area contributed by atoms with Crippen molar-refractivity contribution in [1.29, 1.82) is 0 Å². The predicted molar refractivity (Wildman–Crippen MR) is 60.8 cm³/mol. The Hall–Kier alpha value is -1.16. The highest BCUT2D eigenvalue weighted by Crippen LogP contribution is 2.22. The molecule has 0 unspecified atom stereocenters. The van der Waals surface area contributed by atoms with E-state index < -0.39 is 6.10 Å². The third kappa shape index (κ3) is 2.70. The molecule has 0 bridgehead atoms. The molecule has 0 amide bonds. The maximum Gasteiger partial charge on any atom is 0.103 e. The fourth-order valence-electron chi connectivity index (χ4n) is 1.84. The smallest absolute Gasteiger partial charge is 0.103 e. The number of aliphatic hydroxyl groups excluding tert-OH is 2. The third-order valence-electron chi connectivity index (χ3n) is 2.74. The number of rotatable bonds is 4. The molecular weight excluding hydrogens is 204 g/mol. The van der Waals surface area contributed by atoms with E-state index in [0.29, 0.717) is 13.0 Å². The summed E-state index contributed by atoms with van der Waals surface area (Å²) in [5.41, 5.74) is 1.94. The monoisotopic (exact) mass is 220 g/mol. The number of hydrogen-bond acceptors (Lipinski definition) is 3. The first kappa shape index (κ1) is 11.3. The molecule has 2 rings (SSSR count). The van der Waals surface area contributed by atoms with Crippen LogP contribution in [0.25, 0.3) is 0 Å². The van der Waals surface area contributed by atoms with Crippen LogP contribution >= 0.6 is 0 Å². The largest absolute Gasteiger partial charge is 0.392 e. The topological polar surface area (TPSA) is 49.7 Å². The number of aliphatic hydroxyl groups is 2. The van der Waals surface area contributed by atoms with E-state index in [0.717, 1.165) is 11.1 Å². The average Bonchev–Trinajstić information content (AvgIpc) is 2.69. The Morgan fingerprint density at radius 1 is 1.25 bits per heavy atom. The van der Waals surface area contributed by atoms with E-state index in [1.807, 2.05) is 36.4 Å². The lowest BCUT2D eigenvalue weighted by Gasteiger charge is -2.14. The Labute approximate surface area is 95.0 Å². The zero-order chi connectivity index (χ0) is 11.4. The first-order valence-electron chi connectivity index (χ1n) is 5.43. The molecular formula is C13H16O3. The van der Waals surface area contributed by atoms with Gasteiger partial charge in [0.25, 0.3) is 0 Å². The van der Waals surface area contributed by atoms with Crippen LogP contribution < -0.4 is 0 Å². The molecule has 1 aromatic carbocycles. The van der Waals surface area contributed by atoms with E-state index in [1.54, 1.807) is 0 Å². The first-order chi connectivity index (χ1) is 7.79. The van der Waals surface area contributed by atoms with Gasteiger partial charge in [0.05, 0.1) is 19.3 Å². The summed E-state index contributed by atoms with van der Waals surface area (Å²) >= 11 is 0. The van der Waals surface area contributed by atoms with E-state index in [-0.39, 0.29) is 12.7 Å². The molecule has 86 valence electrons. The summed E-state index contributed by atoms with van der Waals surface area (Å²) in [6, 6.07) is 9.84. The lowest BCUT2D eigenvalue weighted by atomic mass is 10.2. The molecule has 0 saturated carbocycles. The minimum Gasteiger partial charge on any atom is -0.392 e. The summed E-state index contributed by atoms with van der Waals surface area (Å²) in [5.74, 6) is 0. The standard InChI is InChI=1S/C13H16O3/c14-8-11-6-12(15)13(7-11)16-9-10-4-2-1-3-5-10/h1-5,7,12-15H,6,8-9H2/t12-,13-/m0/s1.